The van der Waals surface area contributed by atoms with Gasteiger partial charge in [-0.05, 0) is 43.2 Å². The molecule has 0 atom stereocenters. The number of nitrogens with one attached hydrogen (secondary N) is 1. The van der Waals surface area contributed by atoms with Crippen LogP contribution in [0.15, 0.2) is 66.1 Å². The number of thioether (sulfide) groups is 1. The third-order valence-corrected chi connectivity index (χ3v) is 4.82. The lowest BCUT2D eigenvalue weighted by atomic mass is 10.1. The number of anilines is 1. The molecule has 1 N–H and O–H groups in total. The van der Waals surface area contributed by atoms with Gasteiger partial charge in [-0.25, -0.2) is 4.98 Å². The van der Waals surface area contributed by atoms with Crippen LogP contribution in [0.1, 0.15) is 11.1 Å². The van der Waals surface area contributed by atoms with E-state index in [0.29, 0.717) is 5.75 Å². The van der Waals surface area contributed by atoms with E-state index in [4.69, 9.17) is 0 Å². The third kappa shape index (κ3) is 3.68. The van der Waals surface area contributed by atoms with E-state index in [0.717, 1.165) is 22.1 Å². The number of para-hydroxylation sites is 1. The lowest BCUT2D eigenvalue weighted by Crippen LogP contribution is -2.15. The molecule has 3 rings (SSSR count). The molecule has 2 aromatic carbocycles. The van der Waals surface area contributed by atoms with E-state index < -0.39 is 0 Å². The molecule has 0 spiro atoms. The molecule has 24 heavy (non-hydrogen) atoms. The van der Waals surface area contributed by atoms with Gasteiger partial charge in [0.1, 0.15) is 0 Å². The summed E-state index contributed by atoms with van der Waals surface area (Å²) >= 11 is 1.43. The van der Waals surface area contributed by atoms with Crippen molar-refractivity contribution in [3.8, 4) is 5.69 Å². The Morgan fingerprint density at radius 3 is 2.71 bits per heavy atom. The summed E-state index contributed by atoms with van der Waals surface area (Å²) in [5, 5.41) is 3.78. The van der Waals surface area contributed by atoms with Crippen molar-refractivity contribution in [3.63, 3.8) is 0 Å². The summed E-state index contributed by atoms with van der Waals surface area (Å²) in [7, 11) is 0. The first-order valence-electron chi connectivity index (χ1n) is 7.73. The highest BCUT2D eigenvalue weighted by Crippen LogP contribution is 2.22. The van der Waals surface area contributed by atoms with Crippen molar-refractivity contribution in [2.24, 2.45) is 0 Å². The fourth-order valence-electron chi connectivity index (χ4n) is 2.38. The van der Waals surface area contributed by atoms with Crippen LogP contribution in [-0.4, -0.2) is 21.2 Å². The van der Waals surface area contributed by atoms with Crippen molar-refractivity contribution >= 4 is 23.4 Å². The number of hydrogen-bond acceptors (Lipinski definition) is 3. The summed E-state index contributed by atoms with van der Waals surface area (Å²) in [6.45, 7) is 4.05. The maximum absolute atomic E-state index is 12.3. The van der Waals surface area contributed by atoms with Gasteiger partial charge in [-0.15, -0.1) is 0 Å². The molecule has 4 nitrogen and oxygen atoms in total. The van der Waals surface area contributed by atoms with Crippen molar-refractivity contribution in [1.82, 2.24) is 9.55 Å². The van der Waals surface area contributed by atoms with Crippen molar-refractivity contribution in [3.05, 3.63) is 72.1 Å². The molecule has 1 aromatic heterocycles. The van der Waals surface area contributed by atoms with E-state index >= 15 is 0 Å². The monoisotopic (exact) mass is 337 g/mol. The Hall–Kier alpha value is -2.53. The Morgan fingerprint density at radius 1 is 1.12 bits per heavy atom. The van der Waals surface area contributed by atoms with Gasteiger partial charge in [0.25, 0.3) is 0 Å². The zero-order valence-electron chi connectivity index (χ0n) is 13.7. The van der Waals surface area contributed by atoms with Gasteiger partial charge in [0, 0.05) is 23.8 Å². The van der Waals surface area contributed by atoms with Gasteiger partial charge in [0.2, 0.25) is 5.91 Å². The molecule has 122 valence electrons. The van der Waals surface area contributed by atoms with Crippen LogP contribution in [-0.2, 0) is 4.79 Å². The molecule has 0 radical (unpaired) electrons. The van der Waals surface area contributed by atoms with Gasteiger partial charge in [-0.2, -0.15) is 0 Å². The average molecular weight is 337 g/mol. The van der Waals surface area contributed by atoms with Gasteiger partial charge < -0.3 is 5.32 Å². The summed E-state index contributed by atoms with van der Waals surface area (Å²) in [6.07, 6.45) is 3.65. The molecule has 0 unspecified atom stereocenters. The van der Waals surface area contributed by atoms with Crippen LogP contribution >= 0.6 is 11.8 Å². The zero-order chi connectivity index (χ0) is 16.9. The second-order valence-corrected chi connectivity index (χ2v) is 6.44. The third-order valence-electron chi connectivity index (χ3n) is 3.85. The normalized spacial score (nSPS) is 10.6. The number of amides is 1. The highest BCUT2D eigenvalue weighted by molar-refractivity contribution is 7.99. The standard InChI is InChI=1S/C19H19N3OS/c1-14-7-6-10-17(15(14)2)21-18(23)13-24-19-20-11-12-22(19)16-8-4-3-5-9-16/h3-12H,13H2,1-2H3,(H,21,23). The second-order valence-electron chi connectivity index (χ2n) is 5.50. The first-order chi connectivity index (χ1) is 11.6. The summed E-state index contributed by atoms with van der Waals surface area (Å²) in [5.74, 6) is 0.286. The van der Waals surface area contributed by atoms with Gasteiger partial charge in [-0.3, -0.25) is 9.36 Å². The van der Waals surface area contributed by atoms with Gasteiger partial charge in [0.05, 0.1) is 5.75 Å². The zero-order valence-corrected chi connectivity index (χ0v) is 14.5. The predicted molar refractivity (Wildman–Crippen MR) is 98.8 cm³/mol. The summed E-state index contributed by atoms with van der Waals surface area (Å²) < 4.78 is 1.98. The summed E-state index contributed by atoms with van der Waals surface area (Å²) in [4.78, 5) is 16.6. The van der Waals surface area contributed by atoms with Gasteiger partial charge >= 0.3 is 0 Å². The molecule has 5 heteroatoms. The number of carbonyl (C=O) groups is 1. The molecule has 0 aliphatic rings. The molecule has 0 saturated heterocycles. The van der Waals surface area contributed by atoms with Crippen LogP contribution in [0.25, 0.3) is 5.69 Å². The first-order valence-corrected chi connectivity index (χ1v) is 8.71. The Balaban J connectivity index is 1.65. The van der Waals surface area contributed by atoms with Crippen LogP contribution < -0.4 is 5.32 Å². The van der Waals surface area contributed by atoms with Crippen LogP contribution in [0.3, 0.4) is 0 Å². The van der Waals surface area contributed by atoms with Crippen LogP contribution in [0.5, 0.6) is 0 Å². The average Bonchev–Trinajstić information content (AvgIpc) is 3.06. The van der Waals surface area contributed by atoms with E-state index in [1.54, 1.807) is 6.20 Å². The number of rotatable bonds is 5. The number of benzene rings is 2. The first kappa shape index (κ1) is 16.3. The maximum Gasteiger partial charge on any atom is 0.234 e. The smallest absolute Gasteiger partial charge is 0.234 e. The molecule has 3 aromatic rings. The summed E-state index contributed by atoms with van der Waals surface area (Å²) in [6, 6.07) is 15.9. The molecule has 0 aliphatic heterocycles. The molecule has 1 amide bonds. The van der Waals surface area contributed by atoms with Crippen molar-refractivity contribution in [2.45, 2.75) is 19.0 Å². The van der Waals surface area contributed by atoms with E-state index in [9.17, 15) is 4.79 Å². The Morgan fingerprint density at radius 2 is 1.92 bits per heavy atom. The number of aryl methyl sites for hydroxylation is 1. The highest BCUT2D eigenvalue weighted by Gasteiger charge is 2.10. The van der Waals surface area contributed by atoms with Crippen molar-refractivity contribution < 1.29 is 4.79 Å². The Labute approximate surface area is 145 Å². The fourth-order valence-corrected chi connectivity index (χ4v) is 3.16. The van der Waals surface area contributed by atoms with Crippen molar-refractivity contribution in [1.29, 1.82) is 0 Å². The fraction of sp³-hybridized carbons (Fsp3) is 0.158. The number of imidazole rings is 1. The predicted octanol–water partition coefficient (Wildman–Crippen LogP) is 4.22. The molecule has 0 fully saturated rings. The SMILES string of the molecule is Cc1cccc(NC(=O)CSc2nccn2-c2ccccc2)c1C. The largest absolute Gasteiger partial charge is 0.325 e. The van der Waals surface area contributed by atoms with E-state index in [-0.39, 0.29) is 5.91 Å². The number of hydrogen-bond donors (Lipinski definition) is 1. The molecule has 1 heterocycles. The quantitative estimate of drug-likeness (QED) is 0.709. The minimum Gasteiger partial charge on any atom is -0.325 e. The highest BCUT2D eigenvalue weighted by atomic mass is 32.2. The minimum atomic E-state index is -0.0312. The minimum absolute atomic E-state index is 0.0312. The number of nitrogens with zero attached hydrogens (tertiary/aromatic N) is 2. The molecule has 0 aliphatic carbocycles. The molecule has 0 bridgehead atoms. The van der Waals surface area contributed by atoms with Crippen LogP contribution in [0, 0.1) is 13.8 Å². The molecular weight excluding hydrogens is 318 g/mol. The van der Waals surface area contributed by atoms with Crippen LogP contribution in [0.4, 0.5) is 5.69 Å². The lowest BCUT2D eigenvalue weighted by molar-refractivity contribution is -0.113. The van der Waals surface area contributed by atoms with Gasteiger partial charge in [0.15, 0.2) is 5.16 Å². The maximum atomic E-state index is 12.3. The second kappa shape index (κ2) is 7.36. The molecule has 0 saturated carbocycles. The van der Waals surface area contributed by atoms with Crippen molar-refractivity contribution in [2.75, 3.05) is 11.1 Å². The Bertz CT molecular complexity index is 843. The van der Waals surface area contributed by atoms with E-state index in [1.807, 2.05) is 73.1 Å². The number of aromatic nitrogens is 2. The van der Waals surface area contributed by atoms with E-state index in [2.05, 4.69) is 10.3 Å². The van der Waals surface area contributed by atoms with Crippen LogP contribution in [0.2, 0.25) is 0 Å². The topological polar surface area (TPSA) is 46.9 Å². The molecular formula is C19H19N3OS. The lowest BCUT2D eigenvalue weighted by Gasteiger charge is -2.10. The summed E-state index contributed by atoms with van der Waals surface area (Å²) in [5.41, 5.74) is 4.17. The van der Waals surface area contributed by atoms with E-state index in [1.165, 1.54) is 17.3 Å². The number of carbonyl (C=O) groups excluding carboxylic acids is 1. The van der Waals surface area contributed by atoms with Gasteiger partial charge in [-0.1, -0.05) is 42.1 Å². The Kier molecular flexibility index (Phi) is 5.01.